The number of rotatable bonds is 4. The zero-order chi connectivity index (χ0) is 12.1. The number of nitrogens with zero attached hydrogens (tertiary/aromatic N) is 4. The minimum Gasteiger partial charge on any atom is -0.461 e. The molecule has 0 unspecified atom stereocenters. The maximum atomic E-state index is 10.8. The maximum Gasteiger partial charge on any atom is 0.303 e. The molecule has 8 nitrogen and oxygen atoms in total. The molecule has 0 bridgehead atoms. The van der Waals surface area contributed by atoms with Gasteiger partial charge in [-0.15, -0.1) is 10.2 Å². The molecule has 0 fully saturated rings. The highest BCUT2D eigenvalue weighted by atomic mass is 16.6. The van der Waals surface area contributed by atoms with Crippen molar-refractivity contribution in [2.75, 3.05) is 6.61 Å². The molecule has 0 aliphatic heterocycles. The topological polar surface area (TPSA) is 96.2 Å². The molecular formula is C8H12N4O4. The highest BCUT2D eigenvalue weighted by Gasteiger charge is 2.21. The van der Waals surface area contributed by atoms with Crippen LogP contribution in [0, 0.1) is 0 Å². The van der Waals surface area contributed by atoms with Crippen LogP contribution in [-0.4, -0.2) is 38.8 Å². The summed E-state index contributed by atoms with van der Waals surface area (Å²) in [6, 6.07) is 0. The first-order valence-electron chi connectivity index (χ1n) is 4.53. The third-order valence-electron chi connectivity index (χ3n) is 1.56. The molecule has 0 saturated carbocycles. The van der Waals surface area contributed by atoms with Crippen LogP contribution in [0.25, 0.3) is 0 Å². The molecule has 88 valence electrons. The summed E-state index contributed by atoms with van der Waals surface area (Å²) in [6.45, 7) is 2.38. The Bertz CT molecular complexity index is 389. The normalized spacial score (nSPS) is 11.9. The van der Waals surface area contributed by atoms with Gasteiger partial charge in [0.2, 0.25) is 5.82 Å². The van der Waals surface area contributed by atoms with Gasteiger partial charge in [0.05, 0.1) is 7.05 Å². The van der Waals surface area contributed by atoms with E-state index >= 15 is 0 Å². The maximum absolute atomic E-state index is 10.8. The van der Waals surface area contributed by atoms with Crippen LogP contribution < -0.4 is 0 Å². The number of esters is 2. The fourth-order valence-electron chi connectivity index (χ4n) is 0.982. The van der Waals surface area contributed by atoms with Gasteiger partial charge in [0.1, 0.15) is 6.61 Å². The highest BCUT2D eigenvalue weighted by molar-refractivity contribution is 5.67. The number of hydrogen-bond donors (Lipinski definition) is 0. The summed E-state index contributed by atoms with van der Waals surface area (Å²) in [7, 11) is 1.58. The first kappa shape index (κ1) is 12.1. The Kier molecular flexibility index (Phi) is 3.92. The van der Waals surface area contributed by atoms with E-state index in [4.69, 9.17) is 9.47 Å². The number of aromatic nitrogens is 4. The number of hydrogen-bond acceptors (Lipinski definition) is 7. The van der Waals surface area contributed by atoms with Crippen LogP contribution in [0.4, 0.5) is 0 Å². The van der Waals surface area contributed by atoms with Crippen LogP contribution in [0.15, 0.2) is 0 Å². The molecule has 8 heteroatoms. The van der Waals surface area contributed by atoms with Gasteiger partial charge < -0.3 is 9.47 Å². The minimum absolute atomic E-state index is 0.124. The standard InChI is InChI=1S/C8H12N4O4/c1-5(13)15-4-7(16-6(2)14)8-9-11-12(3)10-8/h7H,4H2,1-3H3/t7-/m0/s1. The average molecular weight is 228 g/mol. The van der Waals surface area contributed by atoms with Crippen molar-refractivity contribution in [1.29, 1.82) is 0 Å². The molecule has 0 aliphatic rings. The SMILES string of the molecule is CC(=O)OC[C@H](OC(C)=O)c1nnn(C)n1. The predicted molar refractivity (Wildman–Crippen MR) is 49.9 cm³/mol. The van der Waals surface area contributed by atoms with Gasteiger partial charge in [0, 0.05) is 13.8 Å². The second-order valence-electron chi connectivity index (χ2n) is 3.04. The van der Waals surface area contributed by atoms with E-state index in [2.05, 4.69) is 15.4 Å². The summed E-state index contributed by atoms with van der Waals surface area (Å²) < 4.78 is 9.64. The van der Waals surface area contributed by atoms with Crippen LogP contribution in [-0.2, 0) is 26.1 Å². The summed E-state index contributed by atoms with van der Waals surface area (Å²) in [5.74, 6) is -0.787. The summed E-state index contributed by atoms with van der Waals surface area (Å²) in [6.07, 6.45) is -0.824. The van der Waals surface area contributed by atoms with Gasteiger partial charge in [-0.1, -0.05) is 0 Å². The van der Waals surface area contributed by atoms with Gasteiger partial charge in [-0.25, -0.2) is 0 Å². The number of aryl methyl sites for hydroxylation is 1. The Morgan fingerprint density at radius 3 is 2.50 bits per heavy atom. The lowest BCUT2D eigenvalue weighted by atomic mass is 10.3. The van der Waals surface area contributed by atoms with Crippen molar-refractivity contribution in [3.05, 3.63) is 5.82 Å². The third kappa shape index (κ3) is 3.64. The van der Waals surface area contributed by atoms with Gasteiger partial charge in [-0.05, 0) is 5.21 Å². The molecule has 1 heterocycles. The zero-order valence-electron chi connectivity index (χ0n) is 9.21. The van der Waals surface area contributed by atoms with Crippen molar-refractivity contribution in [1.82, 2.24) is 20.2 Å². The van der Waals surface area contributed by atoms with Crippen LogP contribution >= 0.6 is 0 Å². The molecule has 16 heavy (non-hydrogen) atoms. The number of carbonyl (C=O) groups is 2. The molecule has 0 aliphatic carbocycles. The summed E-state index contributed by atoms with van der Waals surface area (Å²) in [4.78, 5) is 22.7. The van der Waals surface area contributed by atoms with Crippen LogP contribution in [0.1, 0.15) is 25.8 Å². The van der Waals surface area contributed by atoms with Gasteiger partial charge in [-0.2, -0.15) is 4.80 Å². The van der Waals surface area contributed by atoms with E-state index in [1.54, 1.807) is 7.05 Å². The van der Waals surface area contributed by atoms with Crippen molar-refractivity contribution < 1.29 is 19.1 Å². The molecule has 0 N–H and O–H groups in total. The van der Waals surface area contributed by atoms with E-state index in [-0.39, 0.29) is 12.4 Å². The monoisotopic (exact) mass is 228 g/mol. The van der Waals surface area contributed by atoms with Crippen molar-refractivity contribution in [3.63, 3.8) is 0 Å². The van der Waals surface area contributed by atoms with Crippen molar-refractivity contribution >= 4 is 11.9 Å². The lowest BCUT2D eigenvalue weighted by Gasteiger charge is -2.12. The number of tetrazole rings is 1. The molecule has 0 radical (unpaired) electrons. The van der Waals surface area contributed by atoms with E-state index < -0.39 is 18.0 Å². The Hall–Kier alpha value is -1.99. The second kappa shape index (κ2) is 5.19. The lowest BCUT2D eigenvalue weighted by molar-refractivity contribution is -0.157. The molecule has 0 amide bonds. The van der Waals surface area contributed by atoms with E-state index in [9.17, 15) is 9.59 Å². The molecule has 1 aromatic heterocycles. The first-order chi connectivity index (χ1) is 7.49. The summed E-state index contributed by atoms with van der Waals surface area (Å²) in [5.41, 5.74) is 0. The molecule has 1 atom stereocenters. The average Bonchev–Trinajstić information content (AvgIpc) is 2.58. The quantitative estimate of drug-likeness (QED) is 0.633. The van der Waals surface area contributed by atoms with Gasteiger partial charge in [0.25, 0.3) is 0 Å². The largest absolute Gasteiger partial charge is 0.461 e. The molecule has 1 aromatic rings. The van der Waals surface area contributed by atoms with Crippen LogP contribution in [0.2, 0.25) is 0 Å². The van der Waals surface area contributed by atoms with E-state index in [1.807, 2.05) is 0 Å². The third-order valence-corrected chi connectivity index (χ3v) is 1.56. The van der Waals surface area contributed by atoms with Gasteiger partial charge in [0.15, 0.2) is 6.10 Å². The Balaban J connectivity index is 2.70. The van der Waals surface area contributed by atoms with Crippen molar-refractivity contribution in [2.45, 2.75) is 20.0 Å². The zero-order valence-corrected chi connectivity index (χ0v) is 9.21. The minimum atomic E-state index is -0.824. The fourth-order valence-corrected chi connectivity index (χ4v) is 0.982. The second-order valence-corrected chi connectivity index (χ2v) is 3.04. The Morgan fingerprint density at radius 1 is 1.38 bits per heavy atom. The van der Waals surface area contributed by atoms with Gasteiger partial charge >= 0.3 is 11.9 Å². The smallest absolute Gasteiger partial charge is 0.303 e. The summed E-state index contributed by atoms with van der Waals surface area (Å²) in [5, 5.41) is 11.1. The molecule has 0 aromatic carbocycles. The van der Waals surface area contributed by atoms with Crippen molar-refractivity contribution in [2.24, 2.45) is 7.05 Å². The number of carbonyl (C=O) groups excluding carboxylic acids is 2. The summed E-state index contributed by atoms with van der Waals surface area (Å²) >= 11 is 0. The highest BCUT2D eigenvalue weighted by Crippen LogP contribution is 2.12. The van der Waals surface area contributed by atoms with Gasteiger partial charge in [-0.3, -0.25) is 9.59 Å². The Morgan fingerprint density at radius 2 is 2.06 bits per heavy atom. The Labute approximate surface area is 91.5 Å². The first-order valence-corrected chi connectivity index (χ1v) is 4.53. The predicted octanol–water partition coefficient (Wildman–Crippen LogP) is -0.623. The molecular weight excluding hydrogens is 216 g/mol. The molecule has 1 rings (SSSR count). The van der Waals surface area contributed by atoms with E-state index in [1.165, 1.54) is 18.6 Å². The van der Waals surface area contributed by atoms with E-state index in [0.717, 1.165) is 0 Å². The fraction of sp³-hybridized carbons (Fsp3) is 0.625. The molecule has 0 saturated heterocycles. The van der Waals surface area contributed by atoms with Crippen LogP contribution in [0.3, 0.4) is 0 Å². The lowest BCUT2D eigenvalue weighted by Crippen LogP contribution is -2.18. The number of ether oxygens (including phenoxy) is 2. The van der Waals surface area contributed by atoms with Crippen LogP contribution in [0.5, 0.6) is 0 Å². The van der Waals surface area contributed by atoms with Crippen molar-refractivity contribution in [3.8, 4) is 0 Å². The van der Waals surface area contributed by atoms with E-state index in [0.29, 0.717) is 0 Å². The molecule has 0 spiro atoms.